The van der Waals surface area contributed by atoms with E-state index in [0.29, 0.717) is 5.41 Å². The van der Waals surface area contributed by atoms with Crippen LogP contribution < -0.4 is 5.32 Å². The minimum atomic E-state index is -0.285. The molecule has 0 saturated heterocycles. The van der Waals surface area contributed by atoms with Crippen LogP contribution in [0.5, 0.6) is 0 Å². The molecule has 0 aromatic carbocycles. The van der Waals surface area contributed by atoms with Gasteiger partial charge < -0.3 is 5.32 Å². The first-order valence-electron chi connectivity index (χ1n) is 5.53. The molecular formula is C12H17FN2. The molecule has 0 spiro atoms. The Bertz CT molecular complexity index is 315. The van der Waals surface area contributed by atoms with Crippen LogP contribution >= 0.6 is 0 Å². The van der Waals surface area contributed by atoms with E-state index in [0.717, 1.165) is 12.4 Å². The zero-order chi connectivity index (χ0) is 10.7. The predicted molar refractivity (Wildman–Crippen MR) is 59.3 cm³/mol. The molecule has 0 radical (unpaired) electrons. The molecule has 1 aliphatic rings. The number of aromatic nitrogens is 1. The predicted octanol–water partition coefficient (Wildman–Crippen LogP) is 3.21. The fraction of sp³-hybridized carbons (Fsp3) is 0.583. The third kappa shape index (κ3) is 2.67. The van der Waals surface area contributed by atoms with Crippen LogP contribution in [0.3, 0.4) is 0 Å². The van der Waals surface area contributed by atoms with Gasteiger partial charge in [-0.3, -0.25) is 0 Å². The normalized spacial score (nSPS) is 19.1. The molecule has 1 heterocycles. The number of anilines is 1. The molecule has 1 aliphatic carbocycles. The summed E-state index contributed by atoms with van der Waals surface area (Å²) < 4.78 is 12.6. The fourth-order valence-electron chi connectivity index (χ4n) is 2.19. The van der Waals surface area contributed by atoms with Gasteiger partial charge in [0.15, 0.2) is 0 Å². The Kier molecular flexibility index (Phi) is 2.89. The molecule has 0 aliphatic heterocycles. The standard InChI is InChI=1S/C12H17FN2/c1-12(6-2-3-7-12)9-15-11-5-4-10(13)8-14-11/h4-5,8H,2-3,6-7,9H2,1H3,(H,14,15). The van der Waals surface area contributed by atoms with Gasteiger partial charge in [-0.25, -0.2) is 9.37 Å². The second kappa shape index (κ2) is 4.17. The molecule has 0 atom stereocenters. The number of halogens is 1. The maximum absolute atomic E-state index is 12.6. The van der Waals surface area contributed by atoms with E-state index in [1.165, 1.54) is 37.9 Å². The zero-order valence-electron chi connectivity index (χ0n) is 9.09. The van der Waals surface area contributed by atoms with Crippen LogP contribution in [-0.4, -0.2) is 11.5 Å². The Labute approximate surface area is 89.9 Å². The fourth-order valence-corrected chi connectivity index (χ4v) is 2.19. The summed E-state index contributed by atoms with van der Waals surface area (Å²) in [5.74, 6) is 0.483. The summed E-state index contributed by atoms with van der Waals surface area (Å²) >= 11 is 0. The maximum atomic E-state index is 12.6. The molecule has 2 nitrogen and oxygen atoms in total. The van der Waals surface area contributed by atoms with Crippen LogP contribution in [0.15, 0.2) is 18.3 Å². The van der Waals surface area contributed by atoms with Gasteiger partial charge in [0.05, 0.1) is 6.20 Å². The van der Waals surface area contributed by atoms with E-state index >= 15 is 0 Å². The molecule has 2 rings (SSSR count). The Morgan fingerprint density at radius 1 is 1.40 bits per heavy atom. The molecule has 3 heteroatoms. The number of pyridine rings is 1. The van der Waals surface area contributed by atoms with Crippen LogP contribution in [0, 0.1) is 11.2 Å². The van der Waals surface area contributed by atoms with Gasteiger partial charge in [-0.05, 0) is 30.4 Å². The van der Waals surface area contributed by atoms with E-state index in [2.05, 4.69) is 17.2 Å². The van der Waals surface area contributed by atoms with Crippen LogP contribution in [0.4, 0.5) is 10.2 Å². The Morgan fingerprint density at radius 3 is 2.73 bits per heavy atom. The van der Waals surface area contributed by atoms with E-state index in [1.54, 1.807) is 6.07 Å². The van der Waals surface area contributed by atoms with Gasteiger partial charge in [0, 0.05) is 6.54 Å². The number of hydrogen-bond donors (Lipinski definition) is 1. The van der Waals surface area contributed by atoms with Gasteiger partial charge >= 0.3 is 0 Å². The van der Waals surface area contributed by atoms with E-state index in [-0.39, 0.29) is 5.82 Å². The van der Waals surface area contributed by atoms with Crippen molar-refractivity contribution in [3.63, 3.8) is 0 Å². The quantitative estimate of drug-likeness (QED) is 0.825. The molecule has 0 amide bonds. The Balaban J connectivity index is 1.90. The average Bonchev–Trinajstić information content (AvgIpc) is 2.65. The molecule has 82 valence electrons. The van der Waals surface area contributed by atoms with E-state index in [4.69, 9.17) is 0 Å². The second-order valence-electron chi connectivity index (χ2n) is 4.73. The summed E-state index contributed by atoms with van der Waals surface area (Å²) in [6.45, 7) is 3.24. The minimum absolute atomic E-state index is 0.285. The van der Waals surface area contributed by atoms with Crippen molar-refractivity contribution < 1.29 is 4.39 Å². The van der Waals surface area contributed by atoms with Gasteiger partial charge in [-0.2, -0.15) is 0 Å². The minimum Gasteiger partial charge on any atom is -0.370 e. The first kappa shape index (κ1) is 10.4. The van der Waals surface area contributed by atoms with Crippen LogP contribution in [0.2, 0.25) is 0 Å². The third-order valence-corrected chi connectivity index (χ3v) is 3.23. The zero-order valence-corrected chi connectivity index (χ0v) is 9.09. The second-order valence-corrected chi connectivity index (χ2v) is 4.73. The highest BCUT2D eigenvalue weighted by atomic mass is 19.1. The Morgan fingerprint density at radius 2 is 2.13 bits per heavy atom. The maximum Gasteiger partial charge on any atom is 0.141 e. The van der Waals surface area contributed by atoms with Crippen molar-refractivity contribution in [1.82, 2.24) is 4.98 Å². The summed E-state index contributed by atoms with van der Waals surface area (Å²) in [5.41, 5.74) is 0.399. The molecule has 0 bridgehead atoms. The molecule has 0 unspecified atom stereocenters. The highest BCUT2D eigenvalue weighted by Gasteiger charge is 2.28. The lowest BCUT2D eigenvalue weighted by Gasteiger charge is -2.23. The average molecular weight is 208 g/mol. The lowest BCUT2D eigenvalue weighted by atomic mass is 9.89. The van der Waals surface area contributed by atoms with E-state index in [1.807, 2.05) is 0 Å². The lowest BCUT2D eigenvalue weighted by molar-refractivity contribution is 0.361. The van der Waals surface area contributed by atoms with Gasteiger partial charge in [0.2, 0.25) is 0 Å². The molecule has 1 aromatic heterocycles. The first-order chi connectivity index (χ1) is 7.18. The monoisotopic (exact) mass is 208 g/mol. The third-order valence-electron chi connectivity index (χ3n) is 3.23. The number of rotatable bonds is 3. The molecule has 1 N–H and O–H groups in total. The van der Waals surface area contributed by atoms with Crippen LogP contribution in [-0.2, 0) is 0 Å². The van der Waals surface area contributed by atoms with Crippen molar-refractivity contribution >= 4 is 5.82 Å². The topological polar surface area (TPSA) is 24.9 Å². The number of nitrogens with zero attached hydrogens (tertiary/aromatic N) is 1. The summed E-state index contributed by atoms with van der Waals surface area (Å²) in [5, 5.41) is 3.28. The number of hydrogen-bond acceptors (Lipinski definition) is 2. The van der Waals surface area contributed by atoms with Crippen molar-refractivity contribution in [2.24, 2.45) is 5.41 Å². The summed E-state index contributed by atoms with van der Waals surface area (Å²) in [6, 6.07) is 3.12. The van der Waals surface area contributed by atoms with Crippen molar-refractivity contribution in [1.29, 1.82) is 0 Å². The molecule has 1 saturated carbocycles. The smallest absolute Gasteiger partial charge is 0.141 e. The largest absolute Gasteiger partial charge is 0.370 e. The summed E-state index contributed by atoms with van der Waals surface area (Å²) in [6.07, 6.45) is 6.46. The van der Waals surface area contributed by atoms with Crippen molar-refractivity contribution in [2.45, 2.75) is 32.6 Å². The van der Waals surface area contributed by atoms with E-state index < -0.39 is 0 Å². The highest BCUT2D eigenvalue weighted by Crippen LogP contribution is 2.37. The van der Waals surface area contributed by atoms with Gasteiger partial charge in [0.25, 0.3) is 0 Å². The number of nitrogens with one attached hydrogen (secondary N) is 1. The van der Waals surface area contributed by atoms with Crippen molar-refractivity contribution in [2.75, 3.05) is 11.9 Å². The van der Waals surface area contributed by atoms with Gasteiger partial charge in [-0.1, -0.05) is 19.8 Å². The molecule has 1 fully saturated rings. The lowest BCUT2D eigenvalue weighted by Crippen LogP contribution is -2.23. The molecular weight excluding hydrogens is 191 g/mol. The summed E-state index contributed by atoms with van der Waals surface area (Å²) in [7, 11) is 0. The SMILES string of the molecule is CC1(CNc2ccc(F)cn2)CCCC1. The van der Waals surface area contributed by atoms with Crippen LogP contribution in [0.1, 0.15) is 32.6 Å². The van der Waals surface area contributed by atoms with Crippen molar-refractivity contribution in [3.8, 4) is 0 Å². The highest BCUT2D eigenvalue weighted by molar-refractivity contribution is 5.33. The molecule has 1 aromatic rings. The van der Waals surface area contributed by atoms with Crippen LogP contribution in [0.25, 0.3) is 0 Å². The van der Waals surface area contributed by atoms with Gasteiger partial charge in [0.1, 0.15) is 11.6 Å². The van der Waals surface area contributed by atoms with Gasteiger partial charge in [-0.15, -0.1) is 0 Å². The summed E-state index contributed by atoms with van der Waals surface area (Å²) in [4.78, 5) is 3.98. The van der Waals surface area contributed by atoms with Crippen molar-refractivity contribution in [3.05, 3.63) is 24.1 Å². The van der Waals surface area contributed by atoms with E-state index in [9.17, 15) is 4.39 Å². The Hall–Kier alpha value is -1.12. The molecule has 15 heavy (non-hydrogen) atoms. The first-order valence-corrected chi connectivity index (χ1v) is 5.53.